The van der Waals surface area contributed by atoms with Gasteiger partial charge in [-0.3, -0.25) is 0 Å². The van der Waals surface area contributed by atoms with Crippen LogP contribution in [0.3, 0.4) is 0 Å². The van der Waals surface area contributed by atoms with Gasteiger partial charge in [0.15, 0.2) is 0 Å². The van der Waals surface area contributed by atoms with Crippen LogP contribution in [0.5, 0.6) is 11.5 Å². The monoisotopic (exact) mass is 493 g/mol. The minimum Gasteiger partial charge on any atom is -0.492 e. The number of benzene rings is 2. The van der Waals surface area contributed by atoms with Crippen molar-refractivity contribution in [3.05, 3.63) is 42.5 Å². The normalized spacial score (nSPS) is 10.1. The molecule has 7 nitrogen and oxygen atoms in total. The molecule has 174 valence electrons. The predicted octanol–water partition coefficient (Wildman–Crippen LogP) is 2.57. The molecule has 0 bridgehead atoms. The lowest BCUT2D eigenvalue weighted by molar-refractivity contribution is 0.275. The van der Waals surface area contributed by atoms with Gasteiger partial charge in [-0.15, -0.1) is 37.2 Å². The van der Waals surface area contributed by atoms with E-state index in [2.05, 4.69) is 16.7 Å². The summed E-state index contributed by atoms with van der Waals surface area (Å²) in [6.45, 7) is 3.79. The van der Waals surface area contributed by atoms with Crippen LogP contribution in [0.25, 0.3) is 21.8 Å². The fraction of sp³-hybridized carbons (Fsp3) is 0.381. The van der Waals surface area contributed by atoms with E-state index in [1.54, 1.807) is 0 Å². The maximum atomic E-state index is 8.76. The number of aliphatic hydroxyl groups is 2. The first kappa shape index (κ1) is 29.4. The first-order chi connectivity index (χ1) is 13.8. The summed E-state index contributed by atoms with van der Waals surface area (Å²) in [5, 5.41) is 25.8. The molecule has 0 amide bonds. The lowest BCUT2D eigenvalue weighted by Gasteiger charge is -2.10. The molecule has 0 atom stereocenters. The Balaban J connectivity index is 0.00000300. The Kier molecular flexibility index (Phi) is 15.3. The van der Waals surface area contributed by atoms with E-state index in [1.807, 2.05) is 36.4 Å². The average molecular weight is 495 g/mol. The van der Waals surface area contributed by atoms with Crippen molar-refractivity contribution in [1.82, 2.24) is 15.6 Å². The van der Waals surface area contributed by atoms with Crippen LogP contribution in [0.4, 0.5) is 0 Å². The van der Waals surface area contributed by atoms with Gasteiger partial charge in [-0.1, -0.05) is 0 Å². The summed E-state index contributed by atoms with van der Waals surface area (Å²) in [5.74, 6) is 1.54. The minimum atomic E-state index is 0. The summed E-state index contributed by atoms with van der Waals surface area (Å²) in [6, 6.07) is 13.9. The molecule has 0 unspecified atom stereocenters. The Hall–Kier alpha value is -1.58. The van der Waals surface area contributed by atoms with Gasteiger partial charge in [-0.25, -0.2) is 4.98 Å². The van der Waals surface area contributed by atoms with Gasteiger partial charge in [-0.05, 0) is 30.3 Å². The van der Waals surface area contributed by atoms with Crippen LogP contribution in [-0.4, -0.2) is 67.8 Å². The van der Waals surface area contributed by atoms with Crippen LogP contribution in [0.1, 0.15) is 0 Å². The standard InChI is InChI=1S/C21H27N3O4.3ClH/c25-9-5-22-7-11-27-18-3-1-16-13-17-2-4-19(28-12-8-23-6-10-26)15-21(17)24-20(16)14-18;;;/h1-4,13-15,22-23,25-26H,5-12H2;3*1H. The van der Waals surface area contributed by atoms with Crippen LogP contribution in [0.2, 0.25) is 0 Å². The zero-order valence-corrected chi connectivity index (χ0v) is 19.5. The van der Waals surface area contributed by atoms with E-state index in [4.69, 9.17) is 24.7 Å². The molecule has 31 heavy (non-hydrogen) atoms. The highest BCUT2D eigenvalue weighted by Gasteiger charge is 2.04. The third kappa shape index (κ3) is 9.21. The first-order valence-corrected chi connectivity index (χ1v) is 9.53. The lowest BCUT2D eigenvalue weighted by Crippen LogP contribution is -2.23. The van der Waals surface area contributed by atoms with Gasteiger partial charge in [-0.2, -0.15) is 0 Å². The Labute approximate surface area is 200 Å². The number of halogens is 3. The molecule has 0 fully saturated rings. The molecule has 0 spiro atoms. The van der Waals surface area contributed by atoms with Gasteiger partial charge in [0.1, 0.15) is 24.7 Å². The fourth-order valence-electron chi connectivity index (χ4n) is 2.85. The highest BCUT2D eigenvalue weighted by Crippen LogP contribution is 2.26. The molecule has 0 aliphatic heterocycles. The molecular formula is C21H30Cl3N3O4. The smallest absolute Gasteiger partial charge is 0.121 e. The molecule has 3 aromatic rings. The molecule has 4 N–H and O–H groups in total. The van der Waals surface area contributed by atoms with E-state index in [-0.39, 0.29) is 50.4 Å². The molecule has 10 heteroatoms. The molecule has 0 aliphatic rings. The SMILES string of the molecule is Cl.Cl.Cl.OCCNCCOc1ccc2cc3ccc(OCCNCCO)cc3nc2c1. The zero-order valence-electron chi connectivity index (χ0n) is 17.1. The molecule has 0 radical (unpaired) electrons. The Morgan fingerprint density at radius 3 is 1.52 bits per heavy atom. The van der Waals surface area contributed by atoms with Crippen LogP contribution in [0.15, 0.2) is 42.5 Å². The molecular weight excluding hydrogens is 465 g/mol. The fourth-order valence-corrected chi connectivity index (χ4v) is 2.85. The molecule has 0 aliphatic carbocycles. The maximum Gasteiger partial charge on any atom is 0.121 e. The van der Waals surface area contributed by atoms with Gasteiger partial charge < -0.3 is 30.3 Å². The van der Waals surface area contributed by atoms with Gasteiger partial charge >= 0.3 is 0 Å². The van der Waals surface area contributed by atoms with E-state index in [1.165, 1.54) is 0 Å². The van der Waals surface area contributed by atoms with Crippen molar-refractivity contribution in [2.75, 3.05) is 52.6 Å². The van der Waals surface area contributed by atoms with E-state index >= 15 is 0 Å². The van der Waals surface area contributed by atoms with E-state index in [9.17, 15) is 0 Å². The Bertz CT molecular complexity index is 833. The number of fused-ring (bicyclic) bond motifs is 2. The summed E-state index contributed by atoms with van der Waals surface area (Å²) < 4.78 is 11.5. The number of aromatic nitrogens is 1. The van der Waals surface area contributed by atoms with E-state index in [0.29, 0.717) is 39.4 Å². The average Bonchev–Trinajstić information content (AvgIpc) is 2.72. The van der Waals surface area contributed by atoms with Crippen molar-refractivity contribution in [1.29, 1.82) is 0 Å². The molecule has 0 saturated heterocycles. The van der Waals surface area contributed by atoms with Crippen LogP contribution in [0, 0.1) is 0 Å². The predicted molar refractivity (Wildman–Crippen MR) is 132 cm³/mol. The summed E-state index contributed by atoms with van der Waals surface area (Å²) >= 11 is 0. The molecule has 0 saturated carbocycles. The molecule has 2 aromatic carbocycles. The van der Waals surface area contributed by atoms with Gasteiger partial charge in [0, 0.05) is 49.1 Å². The number of nitrogens with zero attached hydrogens (tertiary/aromatic N) is 1. The topological polar surface area (TPSA) is 95.9 Å². The quantitative estimate of drug-likeness (QED) is 0.227. The second-order valence-corrected chi connectivity index (χ2v) is 6.34. The summed E-state index contributed by atoms with van der Waals surface area (Å²) in [4.78, 5) is 4.76. The lowest BCUT2D eigenvalue weighted by atomic mass is 10.1. The third-order valence-electron chi connectivity index (χ3n) is 4.23. The van der Waals surface area contributed by atoms with Gasteiger partial charge in [0.25, 0.3) is 0 Å². The second-order valence-electron chi connectivity index (χ2n) is 6.34. The van der Waals surface area contributed by atoms with Crippen molar-refractivity contribution in [2.24, 2.45) is 0 Å². The summed E-state index contributed by atoms with van der Waals surface area (Å²) in [7, 11) is 0. The Morgan fingerprint density at radius 2 is 1.10 bits per heavy atom. The first-order valence-electron chi connectivity index (χ1n) is 9.53. The maximum absolute atomic E-state index is 8.76. The van der Waals surface area contributed by atoms with Crippen molar-refractivity contribution >= 4 is 59.0 Å². The van der Waals surface area contributed by atoms with Crippen LogP contribution in [-0.2, 0) is 0 Å². The van der Waals surface area contributed by atoms with Crippen molar-refractivity contribution in [2.45, 2.75) is 0 Å². The molecule has 1 aromatic heterocycles. The highest BCUT2D eigenvalue weighted by molar-refractivity contribution is 5.93. The Morgan fingerprint density at radius 1 is 0.645 bits per heavy atom. The van der Waals surface area contributed by atoms with Crippen molar-refractivity contribution in [3.63, 3.8) is 0 Å². The third-order valence-corrected chi connectivity index (χ3v) is 4.23. The number of hydrogen-bond donors (Lipinski definition) is 4. The summed E-state index contributed by atoms with van der Waals surface area (Å²) in [6.07, 6.45) is 0. The van der Waals surface area contributed by atoms with E-state index in [0.717, 1.165) is 33.3 Å². The number of nitrogens with one attached hydrogen (secondary N) is 2. The number of rotatable bonds is 12. The highest BCUT2D eigenvalue weighted by atomic mass is 35.5. The van der Waals surface area contributed by atoms with Crippen LogP contribution < -0.4 is 20.1 Å². The summed E-state index contributed by atoms with van der Waals surface area (Å²) in [5.41, 5.74) is 1.74. The van der Waals surface area contributed by atoms with Crippen LogP contribution >= 0.6 is 37.2 Å². The largest absolute Gasteiger partial charge is 0.492 e. The van der Waals surface area contributed by atoms with Crippen molar-refractivity contribution in [3.8, 4) is 11.5 Å². The van der Waals surface area contributed by atoms with Gasteiger partial charge in [0.05, 0.1) is 24.2 Å². The molecule has 3 rings (SSSR count). The molecule has 1 heterocycles. The second kappa shape index (κ2) is 16.1. The van der Waals surface area contributed by atoms with Crippen molar-refractivity contribution < 1.29 is 19.7 Å². The van der Waals surface area contributed by atoms with E-state index < -0.39 is 0 Å². The zero-order chi connectivity index (χ0) is 19.6. The number of ether oxygens (including phenoxy) is 2. The number of aliphatic hydroxyl groups excluding tert-OH is 2. The van der Waals surface area contributed by atoms with Gasteiger partial charge in [0.2, 0.25) is 0 Å². The number of pyridine rings is 1. The number of hydrogen-bond acceptors (Lipinski definition) is 7. The minimum absolute atomic E-state index is 0.